The summed E-state index contributed by atoms with van der Waals surface area (Å²) < 4.78 is 14.5. The molecule has 1 rings (SSSR count). The Hall–Kier alpha value is -0.0900. The highest BCUT2D eigenvalue weighted by molar-refractivity contribution is 7.46. The van der Waals surface area contributed by atoms with E-state index in [1.54, 1.807) is 0 Å². The second-order valence-corrected chi connectivity index (χ2v) is 5.30. The van der Waals surface area contributed by atoms with E-state index in [9.17, 15) is 30.1 Å². The van der Waals surface area contributed by atoms with Crippen LogP contribution in [0.5, 0.6) is 0 Å². The van der Waals surface area contributed by atoms with Gasteiger partial charge in [-0.1, -0.05) is 0 Å². The first kappa shape index (κ1) is 15.0. The van der Waals surface area contributed by atoms with Crippen LogP contribution in [0.3, 0.4) is 0 Å². The predicted molar refractivity (Wildman–Crippen MR) is 51.6 cm³/mol. The number of hydrogen-bond acceptors (Lipinski definition) is 7. The van der Waals surface area contributed by atoms with E-state index >= 15 is 0 Å². The minimum absolute atomic E-state index is 0.591. The molecular weight excluding hydrogens is 259 g/mol. The van der Waals surface area contributed by atoms with Crippen LogP contribution in [0, 0.1) is 0 Å². The van der Waals surface area contributed by atoms with E-state index in [4.69, 9.17) is 9.79 Å². The lowest BCUT2D eigenvalue weighted by atomic mass is 9.78. The molecule has 0 aliphatic heterocycles. The number of rotatable bonds is 3. The van der Waals surface area contributed by atoms with Crippen molar-refractivity contribution in [2.24, 2.45) is 0 Å². The molecule has 0 radical (unpaired) electrons. The first-order valence-electron chi connectivity index (χ1n) is 4.71. The van der Waals surface area contributed by atoms with Crippen LogP contribution in [-0.4, -0.2) is 71.9 Å². The van der Waals surface area contributed by atoms with Crippen molar-refractivity contribution in [2.75, 3.05) is 6.61 Å². The lowest BCUT2D eigenvalue weighted by molar-refractivity contribution is -0.227. The molecule has 0 unspecified atom stereocenters. The zero-order valence-corrected chi connectivity index (χ0v) is 9.51. The van der Waals surface area contributed by atoms with Gasteiger partial charge in [0, 0.05) is 6.42 Å². The topological polar surface area (TPSA) is 168 Å². The number of aliphatic hydroxyl groups excluding tert-OH is 4. The lowest BCUT2D eigenvalue weighted by Gasteiger charge is -2.43. The van der Waals surface area contributed by atoms with Crippen LogP contribution in [0.2, 0.25) is 0 Å². The molecule has 10 heteroatoms. The molecule has 9 nitrogen and oxygen atoms in total. The zero-order chi connectivity index (χ0) is 13.4. The smallest absolute Gasteiger partial charge is 0.390 e. The Morgan fingerprint density at radius 1 is 1.18 bits per heavy atom. The highest BCUT2D eigenvalue weighted by Crippen LogP contribution is 2.39. The summed E-state index contributed by atoms with van der Waals surface area (Å²) in [6, 6.07) is 0. The third-order valence-corrected chi connectivity index (χ3v) is 3.13. The van der Waals surface area contributed by atoms with E-state index in [1.165, 1.54) is 0 Å². The summed E-state index contributed by atoms with van der Waals surface area (Å²) in [5, 5.41) is 47.1. The highest BCUT2D eigenvalue weighted by atomic mass is 31.2. The van der Waals surface area contributed by atoms with E-state index in [0.29, 0.717) is 0 Å². The third kappa shape index (κ3) is 3.44. The van der Waals surface area contributed by atoms with E-state index in [0.717, 1.165) is 0 Å². The molecule has 1 aliphatic carbocycles. The summed E-state index contributed by atoms with van der Waals surface area (Å²) in [4.78, 5) is 16.9. The van der Waals surface area contributed by atoms with Gasteiger partial charge in [0.2, 0.25) is 0 Å². The van der Waals surface area contributed by atoms with Crippen molar-refractivity contribution in [3.05, 3.63) is 0 Å². The number of phosphoric ester groups is 1. The zero-order valence-electron chi connectivity index (χ0n) is 8.62. The summed E-state index contributed by atoms with van der Waals surface area (Å²) in [5.74, 6) is 0. The van der Waals surface area contributed by atoms with E-state index < -0.39 is 50.9 Å². The van der Waals surface area contributed by atoms with Gasteiger partial charge in [-0.15, -0.1) is 0 Å². The van der Waals surface area contributed by atoms with Gasteiger partial charge in [-0.2, -0.15) is 0 Å². The summed E-state index contributed by atoms with van der Waals surface area (Å²) >= 11 is 0. The molecule has 0 saturated heterocycles. The van der Waals surface area contributed by atoms with E-state index in [2.05, 4.69) is 4.52 Å². The molecule has 0 aromatic rings. The van der Waals surface area contributed by atoms with Crippen molar-refractivity contribution in [1.29, 1.82) is 0 Å². The van der Waals surface area contributed by atoms with Crippen LogP contribution in [0.1, 0.15) is 6.42 Å². The molecular formula is C7H15O9P. The lowest BCUT2D eigenvalue weighted by Crippen LogP contribution is -2.64. The molecule has 7 N–H and O–H groups in total. The predicted octanol–water partition coefficient (Wildman–Crippen LogP) is -3.33. The summed E-state index contributed by atoms with van der Waals surface area (Å²) in [6.45, 7) is -0.987. The molecule has 1 fully saturated rings. The van der Waals surface area contributed by atoms with Crippen molar-refractivity contribution >= 4 is 7.82 Å². The van der Waals surface area contributed by atoms with E-state index in [-0.39, 0.29) is 0 Å². The maximum absolute atomic E-state index is 10.5. The van der Waals surface area contributed by atoms with Crippen molar-refractivity contribution < 1.29 is 44.4 Å². The Balaban J connectivity index is 2.77. The maximum Gasteiger partial charge on any atom is 0.469 e. The molecule has 102 valence electrons. The average molecular weight is 274 g/mol. The normalized spacial score (nSPS) is 43.7. The van der Waals surface area contributed by atoms with Gasteiger partial charge in [0.25, 0.3) is 0 Å². The highest BCUT2D eigenvalue weighted by Gasteiger charge is 2.51. The molecule has 0 heterocycles. The molecule has 1 aliphatic rings. The first-order valence-corrected chi connectivity index (χ1v) is 6.24. The van der Waals surface area contributed by atoms with Gasteiger partial charge in [-0.25, -0.2) is 4.57 Å². The Labute approximate surface area is 96.1 Å². The van der Waals surface area contributed by atoms with Crippen molar-refractivity contribution in [1.82, 2.24) is 0 Å². The molecule has 1 saturated carbocycles. The van der Waals surface area contributed by atoms with Crippen molar-refractivity contribution in [2.45, 2.75) is 36.4 Å². The van der Waals surface area contributed by atoms with Crippen LogP contribution in [0.15, 0.2) is 0 Å². The molecule has 0 aromatic carbocycles. The van der Waals surface area contributed by atoms with Gasteiger partial charge in [-0.05, 0) is 0 Å². The largest absolute Gasteiger partial charge is 0.469 e. The quantitative estimate of drug-likeness (QED) is 0.260. The van der Waals surface area contributed by atoms with Crippen LogP contribution >= 0.6 is 7.82 Å². The maximum atomic E-state index is 10.5. The molecule has 0 bridgehead atoms. The summed E-state index contributed by atoms with van der Waals surface area (Å²) in [7, 11) is -4.85. The van der Waals surface area contributed by atoms with Crippen molar-refractivity contribution in [3.63, 3.8) is 0 Å². The summed E-state index contributed by atoms with van der Waals surface area (Å²) in [5.41, 5.74) is -2.25. The standard InChI is InChI=1S/C7H15O9P/c8-3-1-7(12,2-16-17(13,14)15)6(11)5(10)4(3)9/h3-6,8-12H,1-2H2,(H2,13,14,15)/t3-,4+,5-,6+,7-/m1/s1. The number of hydrogen-bond donors (Lipinski definition) is 7. The molecule has 0 amide bonds. The van der Waals surface area contributed by atoms with E-state index in [1.807, 2.05) is 0 Å². The Morgan fingerprint density at radius 2 is 1.71 bits per heavy atom. The number of aliphatic hydroxyl groups is 5. The second kappa shape index (κ2) is 4.88. The van der Waals surface area contributed by atoms with Gasteiger partial charge in [-0.3, -0.25) is 4.52 Å². The van der Waals surface area contributed by atoms with Crippen LogP contribution < -0.4 is 0 Å². The third-order valence-electron chi connectivity index (χ3n) is 2.66. The molecule has 0 spiro atoms. The van der Waals surface area contributed by atoms with Crippen molar-refractivity contribution in [3.8, 4) is 0 Å². The Bertz CT molecular complexity index is 316. The fraction of sp³-hybridized carbons (Fsp3) is 1.00. The van der Waals surface area contributed by atoms with Gasteiger partial charge in [0.15, 0.2) is 0 Å². The second-order valence-electron chi connectivity index (χ2n) is 4.07. The van der Waals surface area contributed by atoms with Gasteiger partial charge in [0.1, 0.15) is 23.9 Å². The minimum atomic E-state index is -4.85. The van der Waals surface area contributed by atoms with Gasteiger partial charge < -0.3 is 35.3 Å². The molecule has 5 atom stereocenters. The molecule has 0 aromatic heterocycles. The fourth-order valence-electron chi connectivity index (χ4n) is 1.68. The first-order chi connectivity index (χ1) is 7.57. The SMILES string of the molecule is O=P(O)(O)OC[C@]1(O)C[C@@H](O)[C@H](O)[C@@H](O)[C@@H]1O. The minimum Gasteiger partial charge on any atom is -0.390 e. The van der Waals surface area contributed by atoms with Gasteiger partial charge >= 0.3 is 7.82 Å². The molecule has 17 heavy (non-hydrogen) atoms. The van der Waals surface area contributed by atoms with Crippen LogP contribution in [0.25, 0.3) is 0 Å². The van der Waals surface area contributed by atoms with Crippen LogP contribution in [0.4, 0.5) is 0 Å². The summed E-state index contributed by atoms with van der Waals surface area (Å²) in [6.07, 6.45) is -7.53. The monoisotopic (exact) mass is 274 g/mol. The van der Waals surface area contributed by atoms with Crippen LogP contribution in [-0.2, 0) is 9.09 Å². The number of phosphoric acid groups is 1. The fourth-order valence-corrected chi connectivity index (χ4v) is 2.07. The Morgan fingerprint density at radius 3 is 2.18 bits per heavy atom. The average Bonchev–Trinajstić information content (AvgIpc) is 2.20. The Kier molecular flexibility index (Phi) is 4.30. The van der Waals surface area contributed by atoms with Gasteiger partial charge in [0.05, 0.1) is 12.7 Å².